The molecule has 0 spiro atoms. The summed E-state index contributed by atoms with van der Waals surface area (Å²) in [5, 5.41) is 0.691. The van der Waals surface area contributed by atoms with E-state index in [1.165, 1.54) is 9.44 Å². The van der Waals surface area contributed by atoms with Crippen molar-refractivity contribution in [3.63, 3.8) is 0 Å². The first-order valence-electron chi connectivity index (χ1n) is 10.3. The van der Waals surface area contributed by atoms with Crippen LogP contribution in [0.2, 0.25) is 0 Å². The van der Waals surface area contributed by atoms with Gasteiger partial charge in [-0.15, -0.1) is 11.3 Å². The van der Waals surface area contributed by atoms with Crippen molar-refractivity contribution in [1.29, 1.82) is 0 Å². The van der Waals surface area contributed by atoms with Gasteiger partial charge in [0.25, 0.3) is 5.56 Å². The lowest BCUT2D eigenvalue weighted by Gasteiger charge is -2.19. The second kappa shape index (κ2) is 8.11. The van der Waals surface area contributed by atoms with E-state index in [-0.39, 0.29) is 5.56 Å². The second-order valence-corrected chi connectivity index (χ2v) is 8.80. The summed E-state index contributed by atoms with van der Waals surface area (Å²) in [7, 11) is 0. The number of nitrogens with zero attached hydrogens (tertiary/aromatic N) is 2. The average Bonchev–Trinajstić information content (AvgIpc) is 3.10. The van der Waals surface area contributed by atoms with E-state index in [0.29, 0.717) is 17.8 Å². The maximum atomic E-state index is 13.7. The molecule has 1 atom stereocenters. The van der Waals surface area contributed by atoms with Gasteiger partial charge in [0.1, 0.15) is 16.7 Å². The number of fused-ring (bicyclic) bond motifs is 3. The Morgan fingerprint density at radius 2 is 2.10 bits per heavy atom. The third-order valence-corrected chi connectivity index (χ3v) is 6.66. The number of ether oxygens (including phenoxy) is 1. The quantitative estimate of drug-likeness (QED) is 0.566. The van der Waals surface area contributed by atoms with Crippen LogP contribution in [-0.2, 0) is 22.4 Å². The fourth-order valence-electron chi connectivity index (χ4n) is 3.99. The highest BCUT2D eigenvalue weighted by atomic mass is 32.1. The smallest absolute Gasteiger partial charge is 0.329 e. The maximum Gasteiger partial charge on any atom is 0.329 e. The molecule has 0 aliphatic heterocycles. The van der Waals surface area contributed by atoms with E-state index in [1.54, 1.807) is 18.3 Å². The van der Waals surface area contributed by atoms with Crippen LogP contribution in [0, 0.1) is 6.92 Å². The molecular weight excluding hydrogens is 384 g/mol. The number of thiophene rings is 1. The van der Waals surface area contributed by atoms with Crippen molar-refractivity contribution in [2.75, 3.05) is 6.61 Å². The molecule has 0 amide bonds. The summed E-state index contributed by atoms with van der Waals surface area (Å²) < 4.78 is 6.90. The Morgan fingerprint density at radius 1 is 1.31 bits per heavy atom. The lowest BCUT2D eigenvalue weighted by Crippen LogP contribution is -2.32. The zero-order valence-electron chi connectivity index (χ0n) is 17.2. The molecule has 0 radical (unpaired) electrons. The van der Waals surface area contributed by atoms with Gasteiger partial charge in [-0.05, 0) is 57.6 Å². The Hall–Kier alpha value is -2.47. The summed E-state index contributed by atoms with van der Waals surface area (Å²) in [6, 6.07) is 7.16. The molecular formula is C23H26N2O3S. The van der Waals surface area contributed by atoms with E-state index in [2.05, 4.69) is 0 Å². The lowest BCUT2D eigenvalue weighted by atomic mass is 9.97. The summed E-state index contributed by atoms with van der Waals surface area (Å²) in [5.41, 5.74) is 2.92. The topological polar surface area (TPSA) is 61.2 Å². The van der Waals surface area contributed by atoms with Gasteiger partial charge in [-0.3, -0.25) is 9.36 Å². The Kier molecular flexibility index (Phi) is 5.54. The molecule has 1 aliphatic rings. The number of aryl methyl sites for hydroxylation is 3. The van der Waals surface area contributed by atoms with Crippen molar-refractivity contribution >= 4 is 27.5 Å². The molecule has 1 unspecified atom stereocenters. The predicted molar refractivity (Wildman–Crippen MR) is 117 cm³/mol. The molecule has 0 saturated heterocycles. The van der Waals surface area contributed by atoms with Crippen LogP contribution in [0.1, 0.15) is 55.2 Å². The Balaban J connectivity index is 1.96. The van der Waals surface area contributed by atoms with Crippen LogP contribution in [0.5, 0.6) is 0 Å². The van der Waals surface area contributed by atoms with Crippen LogP contribution in [0.3, 0.4) is 0 Å². The molecule has 1 aliphatic carbocycles. The number of carbonyl (C=O) groups excluding carboxylic acids is 1. The van der Waals surface area contributed by atoms with Crippen molar-refractivity contribution < 1.29 is 9.53 Å². The van der Waals surface area contributed by atoms with Crippen molar-refractivity contribution in [3.8, 4) is 11.4 Å². The van der Waals surface area contributed by atoms with E-state index in [4.69, 9.17) is 9.72 Å². The minimum atomic E-state index is -0.736. The molecule has 3 aromatic rings. The molecule has 5 nitrogen and oxygen atoms in total. The second-order valence-electron chi connectivity index (χ2n) is 7.71. The first-order chi connectivity index (χ1) is 14.0. The molecule has 4 rings (SSSR count). The molecule has 1 aromatic carbocycles. The largest absolute Gasteiger partial charge is 0.464 e. The maximum absolute atomic E-state index is 13.7. The van der Waals surface area contributed by atoms with Gasteiger partial charge in [-0.2, -0.15) is 0 Å². The normalized spacial score (nSPS) is 14.6. The van der Waals surface area contributed by atoms with E-state index in [1.807, 2.05) is 38.1 Å². The van der Waals surface area contributed by atoms with Crippen LogP contribution in [0.4, 0.5) is 0 Å². The molecule has 6 heteroatoms. The highest BCUT2D eigenvalue weighted by Crippen LogP contribution is 2.35. The summed E-state index contributed by atoms with van der Waals surface area (Å²) in [5.74, 6) is 0.138. The molecule has 2 heterocycles. The third-order valence-electron chi connectivity index (χ3n) is 5.47. The minimum absolute atomic E-state index is 0.133. The van der Waals surface area contributed by atoms with Crippen LogP contribution < -0.4 is 5.56 Å². The van der Waals surface area contributed by atoms with Crippen LogP contribution in [0.15, 0.2) is 29.1 Å². The van der Waals surface area contributed by atoms with Gasteiger partial charge in [0.05, 0.1) is 12.0 Å². The third kappa shape index (κ3) is 3.62. The molecule has 0 N–H and O–H groups in total. The molecule has 0 bridgehead atoms. The van der Waals surface area contributed by atoms with Crippen LogP contribution in [-0.4, -0.2) is 22.1 Å². The summed E-state index contributed by atoms with van der Waals surface area (Å²) in [4.78, 5) is 33.3. The number of esters is 1. The molecule has 29 heavy (non-hydrogen) atoms. The standard InChI is InChI=1S/C23H26N2O3S/c1-4-12-28-23(27)15(3)25-20(16-9-7-8-14(2)13-16)24-21-19(22(25)26)17-10-5-6-11-18(17)29-21/h7-9,13,15H,4-6,10-12H2,1-3H3. The number of aromatic nitrogens is 2. The fraction of sp³-hybridized carbons (Fsp3) is 0.435. The lowest BCUT2D eigenvalue weighted by molar-refractivity contribution is -0.147. The van der Waals surface area contributed by atoms with Gasteiger partial charge in [0.15, 0.2) is 0 Å². The molecule has 0 saturated carbocycles. The molecule has 152 valence electrons. The van der Waals surface area contributed by atoms with Gasteiger partial charge in [-0.1, -0.05) is 30.7 Å². The summed E-state index contributed by atoms with van der Waals surface area (Å²) in [6.45, 7) is 6.03. The van der Waals surface area contributed by atoms with E-state index in [9.17, 15) is 9.59 Å². The Morgan fingerprint density at radius 3 is 2.86 bits per heavy atom. The van der Waals surface area contributed by atoms with Crippen LogP contribution >= 0.6 is 11.3 Å². The summed E-state index contributed by atoms with van der Waals surface area (Å²) in [6.07, 6.45) is 4.90. The monoisotopic (exact) mass is 410 g/mol. The molecule has 0 fully saturated rings. The van der Waals surface area contributed by atoms with Gasteiger partial charge in [-0.25, -0.2) is 9.78 Å². The Bertz CT molecular complexity index is 1130. The van der Waals surface area contributed by atoms with Gasteiger partial charge in [0.2, 0.25) is 0 Å². The number of carbonyl (C=O) groups is 1. The first kappa shape index (κ1) is 19.8. The van der Waals surface area contributed by atoms with E-state index >= 15 is 0 Å². The SMILES string of the molecule is CCCOC(=O)C(C)n1c(-c2cccc(C)c2)nc2sc3c(c2c1=O)CCCC3. The highest BCUT2D eigenvalue weighted by Gasteiger charge is 2.27. The number of hydrogen-bond acceptors (Lipinski definition) is 5. The summed E-state index contributed by atoms with van der Waals surface area (Å²) >= 11 is 1.63. The zero-order valence-corrected chi connectivity index (χ0v) is 18.0. The zero-order chi connectivity index (χ0) is 20.5. The van der Waals surface area contributed by atoms with Crippen molar-refractivity contribution in [3.05, 3.63) is 50.6 Å². The number of benzene rings is 1. The van der Waals surface area contributed by atoms with Crippen molar-refractivity contribution in [2.45, 2.75) is 58.9 Å². The van der Waals surface area contributed by atoms with Gasteiger partial charge >= 0.3 is 5.97 Å². The first-order valence-corrected chi connectivity index (χ1v) is 11.1. The average molecular weight is 411 g/mol. The highest BCUT2D eigenvalue weighted by molar-refractivity contribution is 7.18. The number of rotatable bonds is 5. The van der Waals surface area contributed by atoms with E-state index < -0.39 is 12.0 Å². The van der Waals surface area contributed by atoms with Gasteiger partial charge < -0.3 is 4.74 Å². The predicted octanol–water partition coefficient (Wildman–Crippen LogP) is 4.83. The van der Waals surface area contributed by atoms with Crippen molar-refractivity contribution in [2.24, 2.45) is 0 Å². The van der Waals surface area contributed by atoms with Crippen LogP contribution in [0.25, 0.3) is 21.6 Å². The Labute approximate surface area is 174 Å². The molecule has 2 aromatic heterocycles. The van der Waals surface area contributed by atoms with Crippen molar-refractivity contribution in [1.82, 2.24) is 9.55 Å². The van der Waals surface area contributed by atoms with Gasteiger partial charge in [0, 0.05) is 10.4 Å². The van der Waals surface area contributed by atoms with E-state index in [0.717, 1.165) is 53.6 Å². The number of hydrogen-bond donors (Lipinski definition) is 0. The fourth-order valence-corrected chi connectivity index (χ4v) is 5.25. The minimum Gasteiger partial charge on any atom is -0.464 e.